The van der Waals surface area contributed by atoms with Gasteiger partial charge in [-0.1, -0.05) is 23.7 Å². The fourth-order valence-electron chi connectivity index (χ4n) is 8.49. The Morgan fingerprint density at radius 1 is 1.00 bits per heavy atom. The van der Waals surface area contributed by atoms with Gasteiger partial charge in [0.25, 0.3) is 17.9 Å². The van der Waals surface area contributed by atoms with E-state index in [0.717, 1.165) is 35.1 Å². The number of sulfonamides is 1. The fraction of sp³-hybridized carbons (Fsp3) is 0.268. The first-order valence-electron chi connectivity index (χ1n) is 19.3. The third-order valence-corrected chi connectivity index (χ3v) is 12.0. The van der Waals surface area contributed by atoms with Crippen molar-refractivity contribution in [3.05, 3.63) is 128 Å². The molecule has 2 N–H and O–H groups in total. The molecular formula is C41H29ClF9N9O4S. The molecule has 1 fully saturated rings. The number of rotatable bonds is 11. The van der Waals surface area contributed by atoms with Crippen LogP contribution >= 0.6 is 11.6 Å². The number of aryl methyl sites for hydroxylation is 1. The second-order valence-electron chi connectivity index (χ2n) is 15.7. The molecule has 4 heterocycles. The monoisotopic (exact) mass is 949 g/mol. The number of benzene rings is 3. The molecule has 0 radical (unpaired) electrons. The predicted molar refractivity (Wildman–Crippen MR) is 216 cm³/mol. The number of alkyl halides is 7. The summed E-state index contributed by atoms with van der Waals surface area (Å²) in [7, 11) is -2.60. The number of pyridine rings is 1. The van der Waals surface area contributed by atoms with Gasteiger partial charge in [0.05, 0.1) is 50.5 Å². The minimum Gasteiger partial charge on any atom is -0.344 e. The van der Waals surface area contributed by atoms with Crippen LogP contribution in [-0.4, -0.2) is 54.7 Å². The first-order chi connectivity index (χ1) is 30.5. The number of hydrogen-bond acceptors (Lipinski definition) is 8. The van der Waals surface area contributed by atoms with Gasteiger partial charge < -0.3 is 5.32 Å². The number of anilines is 1. The number of fused-ring (bicyclic) bond motifs is 5. The molecule has 2 aliphatic rings. The number of aromatic nitrogens is 7. The molecule has 65 heavy (non-hydrogen) atoms. The lowest BCUT2D eigenvalue weighted by Gasteiger charge is -2.24. The van der Waals surface area contributed by atoms with Gasteiger partial charge in [-0.3, -0.25) is 28.2 Å². The van der Waals surface area contributed by atoms with E-state index in [0.29, 0.717) is 10.7 Å². The van der Waals surface area contributed by atoms with Crippen molar-refractivity contribution in [1.82, 2.24) is 39.4 Å². The summed E-state index contributed by atoms with van der Waals surface area (Å²) in [5.74, 6) is -9.72. The third-order valence-electron chi connectivity index (χ3n) is 11.1. The molecule has 4 aromatic heterocycles. The van der Waals surface area contributed by atoms with Crippen molar-refractivity contribution >= 4 is 55.2 Å². The number of hydrogen-bond donors (Lipinski definition) is 2. The Hall–Kier alpha value is -6.49. The van der Waals surface area contributed by atoms with Crippen LogP contribution in [0.25, 0.3) is 38.8 Å². The van der Waals surface area contributed by atoms with Crippen LogP contribution in [-0.2, 0) is 46.9 Å². The molecule has 3 atom stereocenters. The number of amides is 1. The van der Waals surface area contributed by atoms with Crippen molar-refractivity contribution in [1.29, 1.82) is 0 Å². The van der Waals surface area contributed by atoms with Crippen molar-refractivity contribution in [2.45, 2.75) is 49.9 Å². The van der Waals surface area contributed by atoms with Gasteiger partial charge in [-0.05, 0) is 66.4 Å². The minimum absolute atomic E-state index is 0.00670. The lowest BCUT2D eigenvalue weighted by Crippen LogP contribution is -2.38. The topological polar surface area (TPSA) is 159 Å². The maximum atomic E-state index is 15.5. The van der Waals surface area contributed by atoms with E-state index in [1.165, 1.54) is 48.1 Å². The third kappa shape index (κ3) is 7.82. The van der Waals surface area contributed by atoms with E-state index in [9.17, 15) is 48.7 Å². The second-order valence-corrected chi connectivity index (χ2v) is 17.8. The average molecular weight is 950 g/mol. The van der Waals surface area contributed by atoms with E-state index < -0.39 is 105 Å². The predicted octanol–water partition coefficient (Wildman–Crippen LogP) is 8.10. The van der Waals surface area contributed by atoms with Crippen LogP contribution in [0.2, 0.25) is 5.02 Å². The Morgan fingerprint density at radius 3 is 2.40 bits per heavy atom. The van der Waals surface area contributed by atoms with Crippen molar-refractivity contribution in [2.24, 2.45) is 13.0 Å². The Kier molecular flexibility index (Phi) is 10.3. The molecule has 0 spiro atoms. The molecule has 1 amide bonds. The number of nitrogens with one attached hydrogen (secondary N) is 2. The van der Waals surface area contributed by atoms with E-state index in [-0.39, 0.29) is 67.1 Å². The quantitative estimate of drug-likeness (QED) is 0.123. The second kappa shape index (κ2) is 15.3. The summed E-state index contributed by atoms with van der Waals surface area (Å²) in [5.41, 5.74) is -4.81. The summed E-state index contributed by atoms with van der Waals surface area (Å²) in [4.78, 5) is 37.5. The molecule has 1 saturated carbocycles. The van der Waals surface area contributed by atoms with Crippen LogP contribution < -0.4 is 15.6 Å². The summed E-state index contributed by atoms with van der Waals surface area (Å²) >= 11 is 6.59. The molecule has 0 aliphatic heterocycles. The van der Waals surface area contributed by atoms with Gasteiger partial charge in [-0.2, -0.15) is 32.1 Å². The van der Waals surface area contributed by atoms with Gasteiger partial charge in [0.1, 0.15) is 41.1 Å². The zero-order valence-electron chi connectivity index (χ0n) is 33.2. The highest BCUT2D eigenvalue weighted by Gasteiger charge is 2.67. The molecule has 0 saturated heterocycles. The zero-order chi connectivity index (χ0) is 46.7. The van der Waals surface area contributed by atoms with Crippen LogP contribution in [0.5, 0.6) is 0 Å². The van der Waals surface area contributed by atoms with Gasteiger partial charge in [-0.25, -0.2) is 35.9 Å². The molecule has 3 aromatic carbocycles. The molecular weight excluding hydrogens is 921 g/mol. The molecule has 0 bridgehead atoms. The molecule has 13 nitrogen and oxygen atoms in total. The molecule has 338 valence electrons. The van der Waals surface area contributed by atoms with E-state index >= 15 is 8.78 Å². The highest BCUT2D eigenvalue weighted by molar-refractivity contribution is 7.92. The van der Waals surface area contributed by atoms with Gasteiger partial charge in [0.15, 0.2) is 5.82 Å². The molecule has 2 aliphatic carbocycles. The van der Waals surface area contributed by atoms with Crippen molar-refractivity contribution in [2.75, 3.05) is 11.0 Å². The summed E-state index contributed by atoms with van der Waals surface area (Å²) < 4.78 is 160. The summed E-state index contributed by atoms with van der Waals surface area (Å²) in [6.07, 6.45) is -7.88. The normalized spacial score (nSPS) is 17.1. The maximum absolute atomic E-state index is 15.5. The first-order valence-corrected chi connectivity index (χ1v) is 21.5. The number of halogens is 10. The van der Waals surface area contributed by atoms with E-state index in [1.54, 1.807) is 0 Å². The molecule has 0 unspecified atom stereocenters. The zero-order valence-corrected chi connectivity index (χ0v) is 34.8. The van der Waals surface area contributed by atoms with Gasteiger partial charge in [-0.15, -0.1) is 0 Å². The van der Waals surface area contributed by atoms with Crippen LogP contribution in [0, 0.1) is 17.6 Å². The molecule has 9 rings (SSSR count). The van der Waals surface area contributed by atoms with Crippen LogP contribution in [0.15, 0.2) is 71.5 Å². The first kappa shape index (κ1) is 43.7. The van der Waals surface area contributed by atoms with E-state index in [4.69, 9.17) is 16.6 Å². The number of carbonyl (C=O) groups is 1. The lowest BCUT2D eigenvalue weighted by atomic mass is 10.0. The maximum Gasteiger partial charge on any atom is 0.433 e. The average Bonchev–Trinajstić information content (AvgIpc) is 3.75. The highest BCUT2D eigenvalue weighted by Crippen LogP contribution is 2.68. The Morgan fingerprint density at radius 2 is 1.72 bits per heavy atom. The number of nitrogens with zero attached hydrogens (tertiary/aromatic N) is 7. The van der Waals surface area contributed by atoms with Crippen LogP contribution in [0.4, 0.5) is 45.3 Å². The van der Waals surface area contributed by atoms with E-state index in [2.05, 4.69) is 25.2 Å². The van der Waals surface area contributed by atoms with Crippen LogP contribution in [0.1, 0.15) is 58.8 Å². The van der Waals surface area contributed by atoms with Crippen LogP contribution in [0.3, 0.4) is 0 Å². The fourth-order valence-corrected chi connectivity index (χ4v) is 9.23. The van der Waals surface area contributed by atoms with Crippen molar-refractivity contribution in [3.63, 3.8) is 0 Å². The number of carbonyl (C=O) groups excluding carboxylic acids is 1. The largest absolute Gasteiger partial charge is 0.433 e. The highest BCUT2D eigenvalue weighted by atomic mass is 35.5. The lowest BCUT2D eigenvalue weighted by molar-refractivity contribution is -0.141. The summed E-state index contributed by atoms with van der Waals surface area (Å²) in [6.45, 7) is -1.07. The smallest absolute Gasteiger partial charge is 0.344 e. The van der Waals surface area contributed by atoms with Gasteiger partial charge in [0, 0.05) is 36.6 Å². The summed E-state index contributed by atoms with van der Waals surface area (Å²) in [5, 5.41) is 10.3. The van der Waals surface area contributed by atoms with Gasteiger partial charge in [0.2, 0.25) is 15.9 Å². The Labute approximate surface area is 364 Å². The minimum atomic E-state index is -4.83. The molecule has 7 aromatic rings. The SMILES string of the molecule is Cn1nc(NS(C)(=O)=O)c2c(Cl)ccc(-n3c([C@H](Cc4cc(F)cc(F)c4)NC(=O)Cn4nc(C(F)F)c5c4C(F)(F)[C@@H]4C[C@H]54)nc4cc(-c5cccc(C(F)(F)F)n5)ccc4c3=O)c21. The Bertz CT molecular complexity index is 3300. The van der Waals surface area contributed by atoms with Crippen molar-refractivity contribution in [3.8, 4) is 16.9 Å². The standard InChI is InChI=1S/C41H29ClF9N9O4S/c1-58-34-28(9-8-24(42)32(34)37(56-58)57-65(2,63)64)60-38(54-26-13-18(6-7-21(26)39(60)62)25-4-3-5-29(52-25)41(49,50)51)27(12-17-10-19(43)14-20(44)11-17)53-30(61)16-59-35-31(33(55-59)36(45)46)22-15-23(22)40(35,47)48/h3-11,13-14,22-23,27,36H,12,15-16H2,1-2H3,(H,53,61)(H,56,57)/t22-,23+,27-/m0/s1. The van der Waals surface area contributed by atoms with Gasteiger partial charge >= 0.3 is 6.18 Å². The Balaban J connectivity index is 1.26. The van der Waals surface area contributed by atoms with Crippen molar-refractivity contribution < 1.29 is 52.7 Å². The summed E-state index contributed by atoms with van der Waals surface area (Å²) in [6, 6.07) is 10.2. The van der Waals surface area contributed by atoms with E-state index in [1.807, 2.05) is 0 Å². The molecule has 24 heteroatoms.